The molecule has 0 aliphatic carbocycles. The van der Waals surface area contributed by atoms with Crippen molar-refractivity contribution >= 4 is 17.2 Å². The molecule has 0 saturated carbocycles. The van der Waals surface area contributed by atoms with Crippen molar-refractivity contribution in [2.45, 2.75) is 18.9 Å². The van der Waals surface area contributed by atoms with E-state index in [-0.39, 0.29) is 17.6 Å². The molecule has 3 aromatic rings. The zero-order valence-electron chi connectivity index (χ0n) is 16.8. The van der Waals surface area contributed by atoms with Crippen molar-refractivity contribution in [2.75, 3.05) is 7.11 Å². The van der Waals surface area contributed by atoms with E-state index < -0.39 is 11.4 Å². The summed E-state index contributed by atoms with van der Waals surface area (Å²) in [4.78, 5) is 12.7. The Morgan fingerprint density at radius 2 is 1.97 bits per heavy atom. The molecule has 30 heavy (non-hydrogen) atoms. The van der Waals surface area contributed by atoms with Crippen LogP contribution in [0, 0.1) is 11.7 Å². The Morgan fingerprint density at radius 1 is 1.17 bits per heavy atom. The van der Waals surface area contributed by atoms with Crippen molar-refractivity contribution in [1.82, 2.24) is 5.32 Å². The van der Waals surface area contributed by atoms with Gasteiger partial charge in [-0.15, -0.1) is 0 Å². The average Bonchev–Trinajstić information content (AvgIpc) is 3.27. The molecule has 1 amide bonds. The lowest BCUT2D eigenvalue weighted by Gasteiger charge is -2.41. The molecule has 2 heterocycles. The summed E-state index contributed by atoms with van der Waals surface area (Å²) in [5, 5.41) is 7.25. The summed E-state index contributed by atoms with van der Waals surface area (Å²) >= 11 is 1.58. The second-order valence-corrected chi connectivity index (χ2v) is 8.17. The SMILES string of the molecule is C=C1CC(c2ccsc2)(c2cccc(Oc3ccc(OC)c(F)c3)c2)NC(=O)C1C. The van der Waals surface area contributed by atoms with Crippen LogP contribution in [0.3, 0.4) is 0 Å². The van der Waals surface area contributed by atoms with Gasteiger partial charge in [-0.3, -0.25) is 4.79 Å². The molecule has 4 nitrogen and oxygen atoms in total. The number of benzene rings is 2. The molecule has 4 rings (SSSR count). The monoisotopic (exact) mass is 423 g/mol. The third kappa shape index (κ3) is 3.59. The van der Waals surface area contributed by atoms with Crippen LogP contribution in [-0.2, 0) is 10.3 Å². The Labute approximate surface area is 179 Å². The zero-order valence-corrected chi connectivity index (χ0v) is 17.6. The fraction of sp³-hybridized carbons (Fsp3) is 0.208. The number of piperidine rings is 1. The highest BCUT2D eigenvalue weighted by molar-refractivity contribution is 7.08. The molecule has 1 fully saturated rings. The Hall–Kier alpha value is -3.12. The quantitative estimate of drug-likeness (QED) is 0.540. The smallest absolute Gasteiger partial charge is 0.227 e. The van der Waals surface area contributed by atoms with E-state index in [4.69, 9.17) is 9.47 Å². The van der Waals surface area contributed by atoms with Gasteiger partial charge in [0.25, 0.3) is 0 Å². The number of hydrogen-bond acceptors (Lipinski definition) is 4. The molecule has 2 atom stereocenters. The normalized spacial score (nSPS) is 21.2. The van der Waals surface area contributed by atoms with Crippen molar-refractivity contribution < 1.29 is 18.7 Å². The number of carbonyl (C=O) groups excluding carboxylic acids is 1. The molecule has 2 aromatic carbocycles. The molecule has 1 aliphatic heterocycles. The standard InChI is InChI=1S/C24H22FNO3S/c1-15-13-24(18-9-10-30-14-18,26-23(27)16(15)2)17-5-4-6-19(11-17)29-20-7-8-22(28-3)21(25)12-20/h4-12,14,16H,1,13H2,2-3H3,(H,26,27). The number of methoxy groups -OCH3 is 1. The summed E-state index contributed by atoms with van der Waals surface area (Å²) in [6.45, 7) is 6.02. The minimum absolute atomic E-state index is 0.0546. The first kappa shape index (κ1) is 20.2. The molecule has 154 valence electrons. The predicted molar refractivity (Wildman–Crippen MR) is 116 cm³/mol. The highest BCUT2D eigenvalue weighted by Crippen LogP contribution is 2.42. The van der Waals surface area contributed by atoms with E-state index in [0.29, 0.717) is 17.9 Å². The van der Waals surface area contributed by atoms with Gasteiger partial charge in [-0.25, -0.2) is 4.39 Å². The second kappa shape index (κ2) is 7.95. The van der Waals surface area contributed by atoms with E-state index in [9.17, 15) is 9.18 Å². The lowest BCUT2D eigenvalue weighted by atomic mass is 9.73. The maximum Gasteiger partial charge on any atom is 0.227 e. The molecule has 1 aliphatic rings. The number of nitrogens with one attached hydrogen (secondary N) is 1. The third-order valence-electron chi connectivity index (χ3n) is 5.53. The van der Waals surface area contributed by atoms with Gasteiger partial charge in [-0.05, 0) is 59.1 Å². The third-order valence-corrected chi connectivity index (χ3v) is 6.22. The largest absolute Gasteiger partial charge is 0.494 e. The molecule has 1 aromatic heterocycles. The molecule has 0 radical (unpaired) electrons. The van der Waals surface area contributed by atoms with E-state index in [0.717, 1.165) is 16.7 Å². The zero-order chi connectivity index (χ0) is 21.3. The molecule has 0 bridgehead atoms. The van der Waals surface area contributed by atoms with Crippen molar-refractivity contribution in [3.8, 4) is 17.2 Å². The van der Waals surface area contributed by atoms with Gasteiger partial charge in [0.05, 0.1) is 18.6 Å². The lowest BCUT2D eigenvalue weighted by molar-refractivity contribution is -0.126. The van der Waals surface area contributed by atoms with Crippen LogP contribution in [0.2, 0.25) is 0 Å². The lowest BCUT2D eigenvalue weighted by Crippen LogP contribution is -2.53. The van der Waals surface area contributed by atoms with Gasteiger partial charge in [0.15, 0.2) is 11.6 Å². The van der Waals surface area contributed by atoms with Crippen molar-refractivity contribution in [3.05, 3.63) is 88.4 Å². The summed E-state index contributed by atoms with van der Waals surface area (Å²) in [7, 11) is 1.42. The first-order valence-corrected chi connectivity index (χ1v) is 10.5. The van der Waals surface area contributed by atoms with Crippen LogP contribution >= 0.6 is 11.3 Å². The van der Waals surface area contributed by atoms with Gasteiger partial charge in [0, 0.05) is 12.5 Å². The van der Waals surface area contributed by atoms with Gasteiger partial charge in [-0.1, -0.05) is 24.3 Å². The molecule has 1 N–H and O–H groups in total. The molecular weight excluding hydrogens is 401 g/mol. The van der Waals surface area contributed by atoms with Gasteiger partial charge >= 0.3 is 0 Å². The molecule has 6 heteroatoms. The number of halogens is 1. The number of carbonyl (C=O) groups is 1. The fourth-order valence-corrected chi connectivity index (χ4v) is 4.47. The summed E-state index contributed by atoms with van der Waals surface area (Å²) in [6, 6.07) is 14.0. The van der Waals surface area contributed by atoms with Gasteiger partial charge < -0.3 is 14.8 Å². The van der Waals surface area contributed by atoms with Crippen LogP contribution in [0.5, 0.6) is 17.2 Å². The van der Waals surface area contributed by atoms with Crippen LogP contribution in [0.4, 0.5) is 4.39 Å². The maximum atomic E-state index is 14.0. The molecular formula is C24H22FNO3S. The minimum atomic E-state index is -0.717. The Morgan fingerprint density at radius 3 is 2.63 bits per heavy atom. The summed E-state index contributed by atoms with van der Waals surface area (Å²) in [5.74, 6) is 0.279. The fourth-order valence-electron chi connectivity index (χ4n) is 3.74. The van der Waals surface area contributed by atoms with Gasteiger partial charge in [-0.2, -0.15) is 11.3 Å². The Kier molecular flexibility index (Phi) is 5.35. The average molecular weight is 424 g/mol. The van der Waals surface area contributed by atoms with E-state index in [1.165, 1.54) is 19.2 Å². The topological polar surface area (TPSA) is 47.6 Å². The second-order valence-electron chi connectivity index (χ2n) is 7.39. The summed E-state index contributed by atoms with van der Waals surface area (Å²) in [5.41, 5.74) is 2.05. The molecule has 2 unspecified atom stereocenters. The molecule has 1 saturated heterocycles. The van der Waals surface area contributed by atoms with E-state index in [2.05, 4.69) is 11.9 Å². The van der Waals surface area contributed by atoms with Crippen molar-refractivity contribution in [1.29, 1.82) is 0 Å². The number of thiophene rings is 1. The van der Waals surface area contributed by atoms with Crippen LogP contribution in [0.15, 0.2) is 71.4 Å². The molecule has 0 spiro atoms. The Balaban J connectivity index is 1.72. The highest BCUT2D eigenvalue weighted by atomic mass is 32.1. The van der Waals surface area contributed by atoms with Crippen molar-refractivity contribution in [3.63, 3.8) is 0 Å². The van der Waals surface area contributed by atoms with Crippen LogP contribution in [0.1, 0.15) is 24.5 Å². The Bertz CT molecular complexity index is 1080. The van der Waals surface area contributed by atoms with E-state index in [1.807, 2.05) is 41.9 Å². The first-order valence-electron chi connectivity index (χ1n) is 9.57. The summed E-state index contributed by atoms with van der Waals surface area (Å²) in [6.07, 6.45) is 0.595. The predicted octanol–water partition coefficient (Wildman–Crippen LogP) is 5.64. The number of hydrogen-bond donors (Lipinski definition) is 1. The maximum absolute atomic E-state index is 14.0. The van der Waals surface area contributed by atoms with Crippen LogP contribution in [-0.4, -0.2) is 13.0 Å². The van der Waals surface area contributed by atoms with Gasteiger partial charge in [0.1, 0.15) is 11.5 Å². The van der Waals surface area contributed by atoms with Crippen molar-refractivity contribution in [2.24, 2.45) is 5.92 Å². The number of amides is 1. The number of rotatable bonds is 5. The minimum Gasteiger partial charge on any atom is -0.494 e. The summed E-state index contributed by atoms with van der Waals surface area (Å²) < 4.78 is 24.9. The van der Waals surface area contributed by atoms with Crippen LogP contribution < -0.4 is 14.8 Å². The van der Waals surface area contributed by atoms with Crippen LogP contribution in [0.25, 0.3) is 0 Å². The number of ether oxygens (including phenoxy) is 2. The first-order chi connectivity index (χ1) is 14.4. The highest BCUT2D eigenvalue weighted by Gasteiger charge is 2.43. The van der Waals surface area contributed by atoms with E-state index >= 15 is 0 Å². The van der Waals surface area contributed by atoms with Gasteiger partial charge in [0.2, 0.25) is 5.91 Å². The van der Waals surface area contributed by atoms with E-state index in [1.54, 1.807) is 23.5 Å².